The van der Waals surface area contributed by atoms with E-state index < -0.39 is 4.92 Å². The molecule has 0 saturated heterocycles. The van der Waals surface area contributed by atoms with Crippen LogP contribution >= 0.6 is 39.0 Å². The predicted octanol–water partition coefficient (Wildman–Crippen LogP) is 3.88. The van der Waals surface area contributed by atoms with Crippen LogP contribution in [-0.2, 0) is 11.3 Å². The monoisotopic (exact) mass is 468 g/mol. The Labute approximate surface area is 169 Å². The molecule has 0 radical (unpaired) electrons. The van der Waals surface area contributed by atoms with E-state index in [-0.39, 0.29) is 22.9 Å². The van der Waals surface area contributed by atoms with Crippen molar-refractivity contribution >= 4 is 66.5 Å². The van der Waals surface area contributed by atoms with Crippen LogP contribution in [-0.4, -0.2) is 26.1 Å². The molecule has 0 atom stereocenters. The summed E-state index contributed by atoms with van der Waals surface area (Å²) in [7, 11) is 0. The van der Waals surface area contributed by atoms with Gasteiger partial charge in [-0.1, -0.05) is 11.8 Å². The molecule has 11 heteroatoms. The molecule has 0 bridgehead atoms. The maximum absolute atomic E-state index is 12.5. The number of thiophene rings is 1. The van der Waals surface area contributed by atoms with Crippen molar-refractivity contribution in [3.05, 3.63) is 54.6 Å². The second kappa shape index (κ2) is 8.19. The number of nitrogens with zero attached hydrogens (tertiary/aromatic N) is 3. The molecular formula is C16H13BrN4O4S2. The zero-order valence-electron chi connectivity index (χ0n) is 14.0. The molecule has 140 valence electrons. The van der Waals surface area contributed by atoms with E-state index in [0.29, 0.717) is 32.1 Å². The van der Waals surface area contributed by atoms with Gasteiger partial charge in [0, 0.05) is 23.2 Å². The highest BCUT2D eigenvalue weighted by atomic mass is 79.9. The van der Waals surface area contributed by atoms with Crippen LogP contribution in [0.5, 0.6) is 0 Å². The summed E-state index contributed by atoms with van der Waals surface area (Å²) >= 11 is 5.72. The fourth-order valence-electron chi connectivity index (χ4n) is 2.35. The van der Waals surface area contributed by atoms with Crippen LogP contribution in [0.3, 0.4) is 0 Å². The van der Waals surface area contributed by atoms with Crippen molar-refractivity contribution in [2.75, 3.05) is 11.1 Å². The number of benzene rings is 1. The molecule has 0 saturated carbocycles. The molecule has 1 amide bonds. The molecule has 3 aromatic rings. The van der Waals surface area contributed by atoms with E-state index in [4.69, 9.17) is 0 Å². The molecule has 0 spiro atoms. The molecule has 2 aromatic heterocycles. The Bertz CT molecular complexity index is 1100. The number of aromatic nitrogens is 2. The summed E-state index contributed by atoms with van der Waals surface area (Å²) in [4.78, 5) is 39.4. The number of thioether (sulfide) groups is 1. The average molecular weight is 469 g/mol. The van der Waals surface area contributed by atoms with Crippen molar-refractivity contribution in [1.82, 2.24) is 9.55 Å². The van der Waals surface area contributed by atoms with Crippen LogP contribution < -0.4 is 10.9 Å². The lowest BCUT2D eigenvalue weighted by Gasteiger charge is -2.10. The number of anilines is 1. The Kier molecular flexibility index (Phi) is 5.92. The molecule has 1 aromatic carbocycles. The number of nitrogens with one attached hydrogen (secondary N) is 1. The van der Waals surface area contributed by atoms with E-state index in [9.17, 15) is 19.7 Å². The second-order valence-electron chi connectivity index (χ2n) is 5.34. The van der Waals surface area contributed by atoms with Crippen LogP contribution in [0, 0.1) is 10.1 Å². The standard InChI is InChI=1S/C16H13BrN4O4S2/c1-2-20-15(23)14-12(5-6-26-14)19-16(20)27-8-13(22)18-11-4-3-9(21(24)25)7-10(11)17/h3-7H,2,8H2,1H3,(H,18,22). The van der Waals surface area contributed by atoms with Gasteiger partial charge in [-0.2, -0.15) is 0 Å². The lowest BCUT2D eigenvalue weighted by atomic mass is 10.3. The number of hydrogen-bond acceptors (Lipinski definition) is 7. The Morgan fingerprint density at radius 2 is 2.22 bits per heavy atom. The quantitative estimate of drug-likeness (QED) is 0.254. The molecule has 8 nitrogen and oxygen atoms in total. The Balaban J connectivity index is 1.74. The maximum Gasteiger partial charge on any atom is 0.272 e. The zero-order chi connectivity index (χ0) is 19.6. The number of amides is 1. The van der Waals surface area contributed by atoms with E-state index in [1.54, 1.807) is 10.6 Å². The second-order valence-corrected chi connectivity index (χ2v) is 8.05. The molecule has 0 aliphatic rings. The minimum Gasteiger partial charge on any atom is -0.324 e. The van der Waals surface area contributed by atoms with Gasteiger partial charge >= 0.3 is 0 Å². The molecule has 27 heavy (non-hydrogen) atoms. The molecule has 0 unspecified atom stereocenters. The molecule has 0 aliphatic carbocycles. The van der Waals surface area contributed by atoms with Gasteiger partial charge in [0.2, 0.25) is 5.91 Å². The number of halogens is 1. The lowest BCUT2D eigenvalue weighted by molar-refractivity contribution is -0.384. The van der Waals surface area contributed by atoms with E-state index in [2.05, 4.69) is 26.2 Å². The van der Waals surface area contributed by atoms with Gasteiger partial charge in [0.05, 0.1) is 21.9 Å². The van der Waals surface area contributed by atoms with E-state index in [1.807, 2.05) is 12.3 Å². The number of nitro benzene ring substituents is 1. The van der Waals surface area contributed by atoms with Crippen molar-refractivity contribution in [1.29, 1.82) is 0 Å². The summed E-state index contributed by atoms with van der Waals surface area (Å²) in [5.74, 6) is -0.261. The van der Waals surface area contributed by atoms with E-state index in [0.717, 1.165) is 0 Å². The maximum atomic E-state index is 12.5. The van der Waals surface area contributed by atoms with Gasteiger partial charge in [0.25, 0.3) is 11.2 Å². The van der Waals surface area contributed by atoms with Gasteiger partial charge in [0.15, 0.2) is 5.16 Å². The molecule has 1 N–H and O–H groups in total. The summed E-state index contributed by atoms with van der Waals surface area (Å²) in [6.07, 6.45) is 0. The van der Waals surface area contributed by atoms with Crippen molar-refractivity contribution in [3.8, 4) is 0 Å². The smallest absolute Gasteiger partial charge is 0.272 e. The van der Waals surface area contributed by atoms with E-state index in [1.165, 1.54) is 41.3 Å². The molecule has 0 fully saturated rings. The fraction of sp³-hybridized carbons (Fsp3) is 0.188. The fourth-order valence-corrected chi connectivity index (χ4v) is 4.46. The molecular weight excluding hydrogens is 456 g/mol. The summed E-state index contributed by atoms with van der Waals surface area (Å²) in [5, 5.41) is 15.7. The summed E-state index contributed by atoms with van der Waals surface area (Å²) in [6.45, 7) is 2.30. The highest BCUT2D eigenvalue weighted by molar-refractivity contribution is 9.10. The minimum absolute atomic E-state index is 0.0471. The average Bonchev–Trinajstić information content (AvgIpc) is 3.10. The highest BCUT2D eigenvalue weighted by Crippen LogP contribution is 2.27. The largest absolute Gasteiger partial charge is 0.324 e. The first-order valence-electron chi connectivity index (χ1n) is 7.75. The SMILES string of the molecule is CCn1c(SCC(=O)Nc2ccc([N+](=O)[O-])cc2Br)nc2ccsc2c1=O. The van der Waals surface area contributed by atoms with Crippen molar-refractivity contribution in [2.24, 2.45) is 0 Å². The van der Waals surface area contributed by atoms with Gasteiger partial charge in [-0.3, -0.25) is 24.3 Å². The topological polar surface area (TPSA) is 107 Å². The van der Waals surface area contributed by atoms with Crippen LogP contribution in [0.25, 0.3) is 10.2 Å². The molecule has 2 heterocycles. The minimum atomic E-state index is -0.511. The number of non-ortho nitro benzene ring substituents is 1. The summed E-state index contributed by atoms with van der Waals surface area (Å²) in [6, 6.07) is 5.87. The highest BCUT2D eigenvalue weighted by Gasteiger charge is 2.15. The van der Waals surface area contributed by atoms with Crippen LogP contribution in [0.4, 0.5) is 11.4 Å². The summed E-state index contributed by atoms with van der Waals surface area (Å²) < 4.78 is 2.55. The third-order valence-electron chi connectivity index (χ3n) is 3.62. The van der Waals surface area contributed by atoms with Crippen LogP contribution in [0.2, 0.25) is 0 Å². The first-order chi connectivity index (χ1) is 12.9. The van der Waals surface area contributed by atoms with Gasteiger partial charge < -0.3 is 5.32 Å². The number of rotatable bonds is 6. The number of nitro groups is 1. The number of carbonyl (C=O) groups excluding carboxylic acids is 1. The van der Waals surface area contributed by atoms with Gasteiger partial charge in [0.1, 0.15) is 4.70 Å². The predicted molar refractivity (Wildman–Crippen MR) is 110 cm³/mol. The van der Waals surface area contributed by atoms with Crippen molar-refractivity contribution in [2.45, 2.75) is 18.6 Å². The Hall–Kier alpha value is -2.24. The summed E-state index contributed by atoms with van der Waals surface area (Å²) in [5.41, 5.74) is 0.865. The Morgan fingerprint density at radius 3 is 2.89 bits per heavy atom. The first kappa shape index (κ1) is 19.5. The molecule has 3 rings (SSSR count). The zero-order valence-corrected chi connectivity index (χ0v) is 17.2. The molecule has 0 aliphatic heterocycles. The first-order valence-corrected chi connectivity index (χ1v) is 10.4. The number of hydrogen-bond donors (Lipinski definition) is 1. The van der Waals surface area contributed by atoms with Gasteiger partial charge in [-0.05, 0) is 40.4 Å². The van der Waals surface area contributed by atoms with E-state index >= 15 is 0 Å². The third kappa shape index (κ3) is 4.20. The van der Waals surface area contributed by atoms with Gasteiger partial charge in [-0.15, -0.1) is 11.3 Å². The normalized spacial score (nSPS) is 10.9. The van der Waals surface area contributed by atoms with Crippen LogP contribution in [0.15, 0.2) is 44.1 Å². The third-order valence-corrected chi connectivity index (χ3v) is 6.14. The Morgan fingerprint density at radius 1 is 1.44 bits per heavy atom. The van der Waals surface area contributed by atoms with Gasteiger partial charge in [-0.25, -0.2) is 4.98 Å². The van der Waals surface area contributed by atoms with Crippen molar-refractivity contribution in [3.63, 3.8) is 0 Å². The number of carbonyl (C=O) groups is 1. The van der Waals surface area contributed by atoms with Crippen molar-refractivity contribution < 1.29 is 9.72 Å². The lowest BCUT2D eigenvalue weighted by Crippen LogP contribution is -2.22. The number of fused-ring (bicyclic) bond motifs is 1. The van der Waals surface area contributed by atoms with Crippen LogP contribution in [0.1, 0.15) is 6.92 Å².